The third-order valence-corrected chi connectivity index (χ3v) is 3.19. The number of ether oxygens (including phenoxy) is 1. The quantitative estimate of drug-likeness (QED) is 0.862. The van der Waals surface area contributed by atoms with Gasteiger partial charge in [0.05, 0.1) is 15.7 Å². The van der Waals surface area contributed by atoms with Gasteiger partial charge in [-0.2, -0.15) is 8.78 Å². The van der Waals surface area contributed by atoms with Gasteiger partial charge in [0, 0.05) is 17.4 Å². The molecule has 1 heterocycles. The van der Waals surface area contributed by atoms with E-state index >= 15 is 0 Å². The van der Waals surface area contributed by atoms with E-state index in [2.05, 4.69) is 31.0 Å². The molecule has 110 valence electrons. The zero-order valence-corrected chi connectivity index (χ0v) is 12.7. The molecule has 21 heavy (non-hydrogen) atoms. The van der Waals surface area contributed by atoms with Gasteiger partial charge in [0.25, 0.3) is 5.91 Å². The Morgan fingerprint density at radius 3 is 2.81 bits per heavy atom. The van der Waals surface area contributed by atoms with Crippen LogP contribution in [0.25, 0.3) is 0 Å². The summed E-state index contributed by atoms with van der Waals surface area (Å²) in [4.78, 5) is 15.8. The highest BCUT2D eigenvalue weighted by atomic mass is 79.9. The van der Waals surface area contributed by atoms with Crippen molar-refractivity contribution in [3.05, 3.63) is 51.7 Å². The Hall–Kier alpha value is -1.73. The molecule has 0 aliphatic rings. The number of nitrogens with zero attached hydrogens (tertiary/aromatic N) is 1. The topological polar surface area (TPSA) is 51.2 Å². The molecular formula is C13H8BrClF2N2O2. The number of carbonyl (C=O) groups excluding carboxylic acids is 1. The Balaban J connectivity index is 2.32. The molecule has 0 radical (unpaired) electrons. The highest BCUT2D eigenvalue weighted by Gasteiger charge is 2.17. The standard InChI is InChI=1S/C13H8BrClF2N2O2/c14-9-4-8(15)5-10(11(9)21-13(16)17)19-12(20)7-2-1-3-18-6-7/h1-6,13H,(H,19,20). The minimum absolute atomic E-state index is 0.0310. The number of alkyl halides is 2. The van der Waals surface area contributed by atoms with E-state index in [1.165, 1.54) is 30.6 Å². The zero-order chi connectivity index (χ0) is 15.4. The fraction of sp³-hybridized carbons (Fsp3) is 0.0769. The second kappa shape index (κ2) is 6.82. The Morgan fingerprint density at radius 1 is 1.43 bits per heavy atom. The Morgan fingerprint density at radius 2 is 2.19 bits per heavy atom. The molecule has 1 aromatic heterocycles. The summed E-state index contributed by atoms with van der Waals surface area (Å²) < 4.78 is 29.5. The van der Waals surface area contributed by atoms with E-state index in [0.717, 1.165) is 0 Å². The number of anilines is 1. The molecule has 0 aliphatic carbocycles. The van der Waals surface area contributed by atoms with Crippen LogP contribution in [0.3, 0.4) is 0 Å². The van der Waals surface area contributed by atoms with Gasteiger partial charge in [0.15, 0.2) is 5.75 Å². The Labute approximate surface area is 132 Å². The van der Waals surface area contributed by atoms with Crippen molar-refractivity contribution in [1.29, 1.82) is 0 Å². The number of halogens is 4. The third kappa shape index (κ3) is 4.12. The molecule has 0 bridgehead atoms. The summed E-state index contributed by atoms with van der Waals surface area (Å²) in [5.41, 5.74) is 0.306. The molecule has 0 atom stereocenters. The van der Waals surface area contributed by atoms with Gasteiger partial charge in [-0.25, -0.2) is 0 Å². The van der Waals surface area contributed by atoms with E-state index < -0.39 is 12.5 Å². The number of carbonyl (C=O) groups is 1. The van der Waals surface area contributed by atoms with Gasteiger partial charge in [-0.15, -0.1) is 0 Å². The summed E-state index contributed by atoms with van der Waals surface area (Å²) in [7, 11) is 0. The smallest absolute Gasteiger partial charge is 0.387 e. The maximum Gasteiger partial charge on any atom is 0.387 e. The van der Waals surface area contributed by atoms with Crippen LogP contribution < -0.4 is 10.1 Å². The Kier molecular flexibility index (Phi) is 5.08. The lowest BCUT2D eigenvalue weighted by molar-refractivity contribution is -0.0498. The van der Waals surface area contributed by atoms with Crippen LogP contribution in [0.1, 0.15) is 10.4 Å². The predicted octanol–water partition coefficient (Wildman–Crippen LogP) is 4.35. The lowest BCUT2D eigenvalue weighted by Crippen LogP contribution is -2.14. The number of nitrogens with one attached hydrogen (secondary N) is 1. The SMILES string of the molecule is O=C(Nc1cc(Cl)cc(Br)c1OC(F)F)c1cccnc1. The number of hydrogen-bond acceptors (Lipinski definition) is 3. The molecule has 0 unspecified atom stereocenters. The van der Waals surface area contributed by atoms with E-state index in [-0.39, 0.29) is 26.5 Å². The molecule has 0 spiro atoms. The lowest BCUT2D eigenvalue weighted by Gasteiger charge is -2.14. The molecular weight excluding hydrogens is 370 g/mol. The monoisotopic (exact) mass is 376 g/mol. The summed E-state index contributed by atoms with van der Waals surface area (Å²) >= 11 is 8.92. The molecule has 8 heteroatoms. The molecule has 0 saturated carbocycles. The van der Waals surface area contributed by atoms with Crippen molar-refractivity contribution in [2.45, 2.75) is 6.61 Å². The van der Waals surface area contributed by atoms with Crippen molar-refractivity contribution in [2.75, 3.05) is 5.32 Å². The van der Waals surface area contributed by atoms with Crippen LogP contribution in [0.15, 0.2) is 41.1 Å². The first kappa shape index (κ1) is 15.7. The summed E-state index contributed by atoms with van der Waals surface area (Å²) in [6.45, 7) is -3.03. The molecule has 0 fully saturated rings. The van der Waals surface area contributed by atoms with E-state index in [9.17, 15) is 13.6 Å². The first-order chi connectivity index (χ1) is 9.97. The van der Waals surface area contributed by atoms with Gasteiger partial charge in [0.1, 0.15) is 0 Å². The van der Waals surface area contributed by atoms with Crippen LogP contribution in [-0.2, 0) is 0 Å². The molecule has 1 N–H and O–H groups in total. The van der Waals surface area contributed by atoms with Crippen molar-refractivity contribution in [1.82, 2.24) is 4.98 Å². The second-order valence-corrected chi connectivity index (χ2v) is 5.13. The maximum absolute atomic E-state index is 12.4. The van der Waals surface area contributed by atoms with Crippen LogP contribution in [0.5, 0.6) is 5.75 Å². The number of hydrogen-bond donors (Lipinski definition) is 1. The van der Waals surface area contributed by atoms with Crippen LogP contribution in [-0.4, -0.2) is 17.5 Å². The van der Waals surface area contributed by atoms with Gasteiger partial charge >= 0.3 is 6.61 Å². The molecule has 1 aromatic carbocycles. The third-order valence-electron chi connectivity index (χ3n) is 2.39. The van der Waals surface area contributed by atoms with Crippen molar-refractivity contribution < 1.29 is 18.3 Å². The summed E-state index contributed by atoms with van der Waals surface area (Å²) in [5.74, 6) is -0.719. The van der Waals surface area contributed by atoms with E-state index in [1.807, 2.05) is 0 Å². The largest absolute Gasteiger partial charge is 0.431 e. The van der Waals surface area contributed by atoms with Crippen LogP contribution in [0.2, 0.25) is 5.02 Å². The molecule has 2 rings (SSSR count). The number of rotatable bonds is 4. The van der Waals surface area contributed by atoms with E-state index in [4.69, 9.17) is 11.6 Å². The summed E-state index contributed by atoms with van der Waals surface area (Å²) in [6, 6.07) is 5.83. The highest BCUT2D eigenvalue weighted by Crippen LogP contribution is 2.37. The minimum atomic E-state index is -3.03. The predicted molar refractivity (Wildman–Crippen MR) is 78.0 cm³/mol. The molecule has 1 amide bonds. The normalized spacial score (nSPS) is 10.5. The van der Waals surface area contributed by atoms with Gasteiger partial charge in [0.2, 0.25) is 0 Å². The second-order valence-electron chi connectivity index (χ2n) is 3.84. The fourth-order valence-corrected chi connectivity index (χ4v) is 2.46. The van der Waals surface area contributed by atoms with Gasteiger partial charge in [-0.05, 0) is 40.2 Å². The first-order valence-electron chi connectivity index (χ1n) is 5.62. The van der Waals surface area contributed by atoms with E-state index in [1.54, 1.807) is 6.07 Å². The fourth-order valence-electron chi connectivity index (χ4n) is 1.55. The average molecular weight is 378 g/mol. The average Bonchev–Trinajstić information content (AvgIpc) is 2.43. The molecule has 4 nitrogen and oxygen atoms in total. The zero-order valence-electron chi connectivity index (χ0n) is 10.3. The number of amides is 1. The number of aromatic nitrogens is 1. The van der Waals surface area contributed by atoms with Gasteiger partial charge < -0.3 is 10.1 Å². The van der Waals surface area contributed by atoms with Gasteiger partial charge in [-0.3, -0.25) is 9.78 Å². The molecule has 2 aromatic rings. The van der Waals surface area contributed by atoms with Crippen molar-refractivity contribution >= 4 is 39.1 Å². The number of pyridine rings is 1. The van der Waals surface area contributed by atoms with Crippen molar-refractivity contribution in [2.24, 2.45) is 0 Å². The van der Waals surface area contributed by atoms with Crippen LogP contribution in [0.4, 0.5) is 14.5 Å². The lowest BCUT2D eigenvalue weighted by atomic mass is 10.2. The Bertz CT molecular complexity index is 656. The van der Waals surface area contributed by atoms with E-state index in [0.29, 0.717) is 0 Å². The molecule has 0 saturated heterocycles. The number of benzene rings is 1. The maximum atomic E-state index is 12.4. The molecule has 0 aliphatic heterocycles. The van der Waals surface area contributed by atoms with Crippen molar-refractivity contribution in [3.63, 3.8) is 0 Å². The highest BCUT2D eigenvalue weighted by molar-refractivity contribution is 9.10. The summed E-state index contributed by atoms with van der Waals surface area (Å²) in [6.07, 6.45) is 2.86. The minimum Gasteiger partial charge on any atom is -0.431 e. The van der Waals surface area contributed by atoms with Gasteiger partial charge in [-0.1, -0.05) is 11.6 Å². The van der Waals surface area contributed by atoms with Crippen molar-refractivity contribution in [3.8, 4) is 5.75 Å². The van der Waals surface area contributed by atoms with Crippen LogP contribution >= 0.6 is 27.5 Å². The summed E-state index contributed by atoms with van der Waals surface area (Å²) in [5, 5.41) is 2.72. The van der Waals surface area contributed by atoms with Crippen LogP contribution in [0, 0.1) is 0 Å². The first-order valence-corrected chi connectivity index (χ1v) is 6.79.